The summed E-state index contributed by atoms with van der Waals surface area (Å²) in [7, 11) is 0. The average molecular weight is 342 g/mol. The van der Waals surface area contributed by atoms with E-state index in [2.05, 4.69) is 37.9 Å². The minimum absolute atomic E-state index is 0.0461. The predicted octanol–water partition coefficient (Wildman–Crippen LogP) is 1.58. The van der Waals surface area contributed by atoms with Crippen molar-refractivity contribution in [2.45, 2.75) is 70.8 Å². The first-order valence-electron chi connectivity index (χ1n) is 9.23. The Morgan fingerprint density at radius 1 is 1.29 bits per heavy atom. The highest BCUT2D eigenvalue weighted by atomic mass is 16.5. The Kier molecular flexibility index (Phi) is 7.47. The van der Waals surface area contributed by atoms with Crippen LogP contribution in [0.1, 0.15) is 47.0 Å². The maximum Gasteiger partial charge on any atom is 0.222 e. The second-order valence-electron chi connectivity index (χ2n) is 7.71. The van der Waals surface area contributed by atoms with Gasteiger partial charge in [-0.2, -0.15) is 0 Å². The van der Waals surface area contributed by atoms with Gasteiger partial charge in [0.15, 0.2) is 0 Å². The van der Waals surface area contributed by atoms with Gasteiger partial charge in [0.05, 0.1) is 31.5 Å². The summed E-state index contributed by atoms with van der Waals surface area (Å²) < 4.78 is 16.8. The molecule has 6 nitrogen and oxygen atoms in total. The Labute approximate surface area is 146 Å². The van der Waals surface area contributed by atoms with Gasteiger partial charge in [0.25, 0.3) is 0 Å². The molecule has 3 atom stereocenters. The van der Waals surface area contributed by atoms with Crippen molar-refractivity contribution in [3.63, 3.8) is 0 Å². The van der Waals surface area contributed by atoms with Gasteiger partial charge in [-0.15, -0.1) is 0 Å². The van der Waals surface area contributed by atoms with E-state index in [4.69, 9.17) is 14.2 Å². The largest absolute Gasteiger partial charge is 0.378 e. The number of amides is 1. The lowest BCUT2D eigenvalue weighted by Gasteiger charge is -2.45. The summed E-state index contributed by atoms with van der Waals surface area (Å²) >= 11 is 0. The van der Waals surface area contributed by atoms with E-state index in [9.17, 15) is 4.79 Å². The smallest absolute Gasteiger partial charge is 0.222 e. The maximum atomic E-state index is 12.0. The highest BCUT2D eigenvalue weighted by Crippen LogP contribution is 2.20. The Balaban J connectivity index is 1.62. The highest BCUT2D eigenvalue weighted by molar-refractivity contribution is 5.76. The Hall–Kier alpha value is -0.690. The number of morpholine rings is 1. The molecule has 0 radical (unpaired) electrons. The van der Waals surface area contributed by atoms with E-state index in [1.165, 1.54) is 0 Å². The summed E-state index contributed by atoms with van der Waals surface area (Å²) in [5.74, 6) is 0.0461. The van der Waals surface area contributed by atoms with Crippen LogP contribution in [0.4, 0.5) is 0 Å². The van der Waals surface area contributed by atoms with Crippen LogP contribution in [0, 0.1) is 0 Å². The van der Waals surface area contributed by atoms with Crippen LogP contribution in [-0.4, -0.2) is 74.1 Å². The van der Waals surface area contributed by atoms with Gasteiger partial charge in [-0.05, 0) is 40.5 Å². The van der Waals surface area contributed by atoms with Crippen LogP contribution >= 0.6 is 0 Å². The molecule has 0 aliphatic carbocycles. The van der Waals surface area contributed by atoms with Gasteiger partial charge in [-0.25, -0.2) is 0 Å². The standard InChI is InChI=1S/C18H34N2O4/c1-14-10-20(11-15(2)24-14)18(3,4)13-19-17(21)7-9-22-12-16-6-5-8-23-16/h14-16H,5-13H2,1-4H3,(H,19,21). The van der Waals surface area contributed by atoms with Gasteiger partial charge in [-0.1, -0.05) is 0 Å². The molecule has 24 heavy (non-hydrogen) atoms. The van der Waals surface area contributed by atoms with Crippen molar-refractivity contribution in [3.05, 3.63) is 0 Å². The second-order valence-corrected chi connectivity index (χ2v) is 7.71. The fourth-order valence-electron chi connectivity index (χ4n) is 3.34. The van der Waals surface area contributed by atoms with Gasteiger partial charge < -0.3 is 19.5 Å². The minimum Gasteiger partial charge on any atom is -0.378 e. The summed E-state index contributed by atoms with van der Waals surface area (Å²) in [4.78, 5) is 14.4. The van der Waals surface area contributed by atoms with Crippen molar-refractivity contribution in [3.8, 4) is 0 Å². The van der Waals surface area contributed by atoms with E-state index in [1.54, 1.807) is 0 Å². The quantitative estimate of drug-likeness (QED) is 0.679. The van der Waals surface area contributed by atoms with Crippen molar-refractivity contribution in [1.29, 1.82) is 0 Å². The van der Waals surface area contributed by atoms with E-state index >= 15 is 0 Å². The third-order valence-corrected chi connectivity index (χ3v) is 4.80. The van der Waals surface area contributed by atoms with Gasteiger partial charge in [0.1, 0.15) is 0 Å². The van der Waals surface area contributed by atoms with Gasteiger partial charge in [0.2, 0.25) is 5.91 Å². The number of carbonyl (C=O) groups is 1. The molecular formula is C18H34N2O4. The Bertz CT molecular complexity index is 386. The lowest BCUT2D eigenvalue weighted by atomic mass is 10.00. The van der Waals surface area contributed by atoms with Crippen LogP contribution in [0.2, 0.25) is 0 Å². The number of rotatable bonds is 8. The summed E-state index contributed by atoms with van der Waals surface area (Å²) in [6.07, 6.45) is 3.26. The van der Waals surface area contributed by atoms with Gasteiger partial charge in [0, 0.05) is 38.2 Å². The first-order valence-corrected chi connectivity index (χ1v) is 9.23. The van der Waals surface area contributed by atoms with Gasteiger partial charge >= 0.3 is 0 Å². The van der Waals surface area contributed by atoms with Crippen molar-refractivity contribution in [1.82, 2.24) is 10.2 Å². The molecule has 2 rings (SSSR count). The third-order valence-electron chi connectivity index (χ3n) is 4.80. The summed E-state index contributed by atoms with van der Waals surface area (Å²) in [6.45, 7) is 12.9. The second kappa shape index (κ2) is 9.13. The molecule has 2 fully saturated rings. The van der Waals surface area contributed by atoms with Crippen molar-refractivity contribution in [2.24, 2.45) is 0 Å². The van der Waals surface area contributed by atoms with E-state index in [0.717, 1.165) is 32.5 Å². The molecule has 2 saturated heterocycles. The molecule has 0 aromatic heterocycles. The fraction of sp³-hybridized carbons (Fsp3) is 0.944. The first kappa shape index (κ1) is 19.6. The van der Waals surface area contributed by atoms with Crippen LogP contribution in [0.3, 0.4) is 0 Å². The normalized spacial score (nSPS) is 28.9. The van der Waals surface area contributed by atoms with Crippen LogP contribution in [-0.2, 0) is 19.0 Å². The molecule has 2 aliphatic heterocycles. The number of ether oxygens (including phenoxy) is 3. The van der Waals surface area contributed by atoms with Crippen LogP contribution in [0.5, 0.6) is 0 Å². The first-order chi connectivity index (χ1) is 11.4. The molecule has 0 bridgehead atoms. The number of nitrogens with zero attached hydrogens (tertiary/aromatic N) is 1. The topological polar surface area (TPSA) is 60.0 Å². The molecule has 0 aromatic rings. The van der Waals surface area contributed by atoms with E-state index in [0.29, 0.717) is 26.2 Å². The minimum atomic E-state index is -0.0828. The highest BCUT2D eigenvalue weighted by Gasteiger charge is 2.33. The number of hydrogen-bond acceptors (Lipinski definition) is 5. The Morgan fingerprint density at radius 3 is 2.62 bits per heavy atom. The zero-order valence-electron chi connectivity index (χ0n) is 15.7. The molecule has 1 N–H and O–H groups in total. The number of hydrogen-bond donors (Lipinski definition) is 1. The molecule has 1 amide bonds. The molecule has 2 heterocycles. The molecule has 140 valence electrons. The van der Waals surface area contributed by atoms with Crippen molar-refractivity contribution < 1.29 is 19.0 Å². The SMILES string of the molecule is CC1CN(C(C)(C)CNC(=O)CCOCC2CCCO2)CC(C)O1. The third kappa shape index (κ3) is 6.31. The lowest BCUT2D eigenvalue weighted by molar-refractivity contribution is -0.124. The van der Waals surface area contributed by atoms with Crippen molar-refractivity contribution in [2.75, 3.05) is 39.5 Å². The van der Waals surface area contributed by atoms with E-state index < -0.39 is 0 Å². The molecule has 0 saturated carbocycles. The van der Waals surface area contributed by atoms with Crippen LogP contribution < -0.4 is 5.32 Å². The fourth-order valence-corrected chi connectivity index (χ4v) is 3.34. The predicted molar refractivity (Wildman–Crippen MR) is 93.1 cm³/mol. The molecule has 3 unspecified atom stereocenters. The summed E-state index contributed by atoms with van der Waals surface area (Å²) in [5.41, 5.74) is -0.0828. The van der Waals surface area contributed by atoms with E-state index in [1.807, 2.05) is 0 Å². The molecule has 0 aromatic carbocycles. The molecule has 2 aliphatic rings. The molecule has 0 spiro atoms. The molecular weight excluding hydrogens is 308 g/mol. The zero-order chi connectivity index (χ0) is 17.6. The average Bonchev–Trinajstić information content (AvgIpc) is 3.02. The van der Waals surface area contributed by atoms with Gasteiger partial charge in [-0.3, -0.25) is 9.69 Å². The number of nitrogens with one attached hydrogen (secondary N) is 1. The summed E-state index contributed by atoms with van der Waals surface area (Å²) in [6, 6.07) is 0. The van der Waals surface area contributed by atoms with Crippen molar-refractivity contribution >= 4 is 5.91 Å². The summed E-state index contributed by atoms with van der Waals surface area (Å²) in [5, 5.41) is 3.05. The molecule has 6 heteroatoms. The lowest BCUT2D eigenvalue weighted by Crippen LogP contribution is -2.58. The van der Waals surface area contributed by atoms with Crippen LogP contribution in [0.25, 0.3) is 0 Å². The monoisotopic (exact) mass is 342 g/mol. The maximum absolute atomic E-state index is 12.0. The zero-order valence-corrected chi connectivity index (χ0v) is 15.7. The Morgan fingerprint density at radius 2 is 2.00 bits per heavy atom. The number of carbonyl (C=O) groups excluding carboxylic acids is 1. The van der Waals surface area contributed by atoms with E-state index in [-0.39, 0.29) is 29.8 Å². The van der Waals surface area contributed by atoms with Crippen LogP contribution in [0.15, 0.2) is 0 Å².